The van der Waals surface area contributed by atoms with E-state index in [1.54, 1.807) is 0 Å². The minimum Gasteiger partial charge on any atom is -0.481 e. The molecule has 1 aliphatic carbocycles. The van der Waals surface area contributed by atoms with Gasteiger partial charge in [-0.1, -0.05) is 18.2 Å². The van der Waals surface area contributed by atoms with Crippen molar-refractivity contribution in [2.45, 2.75) is 12.8 Å². The van der Waals surface area contributed by atoms with Crippen molar-refractivity contribution in [3.8, 4) is 0 Å². The number of carbonyl (C=O) groups excluding carboxylic acids is 1. The Labute approximate surface area is 112 Å². The molecular formula is C15H17NO3. The molecule has 1 saturated carbocycles. The first-order chi connectivity index (χ1) is 9.16. The number of likely N-dealkylation sites (tertiary alicyclic amines) is 1. The number of aliphatic carboxylic acids is 1. The summed E-state index contributed by atoms with van der Waals surface area (Å²) >= 11 is 0. The number of nitrogens with zero attached hydrogens (tertiary/aromatic N) is 1. The molecule has 1 aromatic rings. The van der Waals surface area contributed by atoms with Crippen LogP contribution in [0.15, 0.2) is 30.3 Å². The number of hydrogen-bond acceptors (Lipinski definition) is 2. The summed E-state index contributed by atoms with van der Waals surface area (Å²) in [6.45, 7) is 1.34. The molecule has 2 aliphatic rings. The molecule has 4 heteroatoms. The molecule has 1 aliphatic heterocycles. The van der Waals surface area contributed by atoms with Crippen molar-refractivity contribution >= 4 is 11.9 Å². The Morgan fingerprint density at radius 3 is 2.63 bits per heavy atom. The normalized spacial score (nSPS) is 29.3. The molecule has 0 spiro atoms. The van der Waals surface area contributed by atoms with Crippen LogP contribution in [0.4, 0.5) is 0 Å². The van der Waals surface area contributed by atoms with Crippen molar-refractivity contribution in [1.82, 2.24) is 4.90 Å². The first-order valence-electron chi connectivity index (χ1n) is 6.74. The van der Waals surface area contributed by atoms with E-state index in [0.29, 0.717) is 18.0 Å². The number of carbonyl (C=O) groups is 2. The Balaban J connectivity index is 1.70. The average molecular weight is 259 g/mol. The maximum atomic E-state index is 12.3. The highest BCUT2D eigenvalue weighted by Gasteiger charge is 2.48. The molecule has 1 heterocycles. The smallest absolute Gasteiger partial charge is 0.306 e. The number of amides is 1. The molecule has 0 bridgehead atoms. The molecule has 1 N–H and O–H groups in total. The SMILES string of the molecule is O=C(O)C1CC2CCN(C(=O)c3ccccc3)CC21. The quantitative estimate of drug-likeness (QED) is 0.882. The first-order valence-corrected chi connectivity index (χ1v) is 6.74. The maximum Gasteiger partial charge on any atom is 0.306 e. The van der Waals surface area contributed by atoms with Gasteiger partial charge in [0.2, 0.25) is 0 Å². The van der Waals surface area contributed by atoms with Gasteiger partial charge in [-0.3, -0.25) is 9.59 Å². The number of piperidine rings is 1. The first kappa shape index (κ1) is 12.2. The van der Waals surface area contributed by atoms with Crippen molar-refractivity contribution in [3.63, 3.8) is 0 Å². The average Bonchev–Trinajstić information content (AvgIpc) is 2.40. The van der Waals surface area contributed by atoms with Gasteiger partial charge < -0.3 is 10.0 Å². The van der Waals surface area contributed by atoms with Gasteiger partial charge in [0.05, 0.1) is 5.92 Å². The summed E-state index contributed by atoms with van der Waals surface area (Å²) in [4.78, 5) is 25.2. The van der Waals surface area contributed by atoms with E-state index in [4.69, 9.17) is 5.11 Å². The van der Waals surface area contributed by atoms with E-state index < -0.39 is 5.97 Å². The largest absolute Gasteiger partial charge is 0.481 e. The Kier molecular flexibility index (Phi) is 3.01. The molecular weight excluding hydrogens is 242 g/mol. The van der Waals surface area contributed by atoms with E-state index in [2.05, 4.69) is 0 Å². The van der Waals surface area contributed by atoms with E-state index in [0.717, 1.165) is 19.4 Å². The second-order valence-electron chi connectivity index (χ2n) is 5.51. The molecule has 0 aromatic heterocycles. The fourth-order valence-corrected chi connectivity index (χ4v) is 3.32. The van der Waals surface area contributed by atoms with Crippen LogP contribution in [0.3, 0.4) is 0 Å². The lowest BCUT2D eigenvalue weighted by atomic mass is 9.61. The minimum atomic E-state index is -0.713. The van der Waals surface area contributed by atoms with E-state index >= 15 is 0 Å². The van der Waals surface area contributed by atoms with Gasteiger partial charge in [0.25, 0.3) is 5.91 Å². The lowest BCUT2D eigenvalue weighted by Crippen LogP contribution is -2.54. The molecule has 3 unspecified atom stereocenters. The van der Waals surface area contributed by atoms with Gasteiger partial charge >= 0.3 is 5.97 Å². The van der Waals surface area contributed by atoms with Crippen LogP contribution in [0.1, 0.15) is 23.2 Å². The third-order valence-corrected chi connectivity index (χ3v) is 4.51. The van der Waals surface area contributed by atoms with Gasteiger partial charge in [0.1, 0.15) is 0 Å². The minimum absolute atomic E-state index is 0.0232. The number of carboxylic acids is 1. The highest BCUT2D eigenvalue weighted by molar-refractivity contribution is 5.94. The topological polar surface area (TPSA) is 57.6 Å². The maximum absolute atomic E-state index is 12.3. The van der Waals surface area contributed by atoms with Crippen LogP contribution in [0.25, 0.3) is 0 Å². The molecule has 4 nitrogen and oxygen atoms in total. The number of carboxylic acid groups (broad SMARTS) is 1. The van der Waals surface area contributed by atoms with Crippen LogP contribution in [-0.2, 0) is 4.79 Å². The predicted octanol–water partition coefficient (Wildman–Crippen LogP) is 1.87. The van der Waals surface area contributed by atoms with Gasteiger partial charge in [-0.25, -0.2) is 0 Å². The summed E-state index contributed by atoms with van der Waals surface area (Å²) in [7, 11) is 0. The van der Waals surface area contributed by atoms with Crippen molar-refractivity contribution in [1.29, 1.82) is 0 Å². The zero-order valence-electron chi connectivity index (χ0n) is 10.7. The highest BCUT2D eigenvalue weighted by Crippen LogP contribution is 2.45. The number of rotatable bonds is 2. The fourth-order valence-electron chi connectivity index (χ4n) is 3.32. The zero-order valence-corrected chi connectivity index (χ0v) is 10.7. The van der Waals surface area contributed by atoms with Crippen molar-refractivity contribution in [3.05, 3.63) is 35.9 Å². The van der Waals surface area contributed by atoms with Crippen LogP contribution >= 0.6 is 0 Å². The van der Waals surface area contributed by atoms with E-state index in [9.17, 15) is 9.59 Å². The number of fused-ring (bicyclic) bond motifs is 1. The summed E-state index contributed by atoms with van der Waals surface area (Å²) < 4.78 is 0. The van der Waals surface area contributed by atoms with Crippen LogP contribution in [0.2, 0.25) is 0 Å². The summed E-state index contributed by atoms with van der Waals surface area (Å²) in [5.74, 6) is -0.290. The van der Waals surface area contributed by atoms with E-state index in [1.807, 2.05) is 35.2 Å². The molecule has 3 atom stereocenters. The second kappa shape index (κ2) is 4.68. The summed E-state index contributed by atoms with van der Waals surface area (Å²) in [5.41, 5.74) is 0.687. The lowest BCUT2D eigenvalue weighted by Gasteiger charge is -2.49. The predicted molar refractivity (Wildman–Crippen MR) is 69.7 cm³/mol. The molecule has 1 amide bonds. The fraction of sp³-hybridized carbons (Fsp3) is 0.467. The summed E-state index contributed by atoms with van der Waals surface area (Å²) in [5, 5.41) is 9.11. The molecule has 100 valence electrons. The Bertz CT molecular complexity index is 499. The monoisotopic (exact) mass is 259 g/mol. The Morgan fingerprint density at radius 2 is 1.95 bits per heavy atom. The second-order valence-corrected chi connectivity index (χ2v) is 5.51. The van der Waals surface area contributed by atoms with Crippen LogP contribution in [-0.4, -0.2) is 35.0 Å². The number of benzene rings is 1. The van der Waals surface area contributed by atoms with Gasteiger partial charge in [-0.2, -0.15) is 0 Å². The van der Waals surface area contributed by atoms with Crippen molar-refractivity contribution in [2.75, 3.05) is 13.1 Å². The third-order valence-electron chi connectivity index (χ3n) is 4.51. The van der Waals surface area contributed by atoms with Gasteiger partial charge in [0.15, 0.2) is 0 Å². The molecule has 3 rings (SSSR count). The molecule has 19 heavy (non-hydrogen) atoms. The zero-order chi connectivity index (χ0) is 13.4. The van der Waals surface area contributed by atoms with Gasteiger partial charge in [0, 0.05) is 18.7 Å². The van der Waals surface area contributed by atoms with Crippen LogP contribution in [0, 0.1) is 17.8 Å². The van der Waals surface area contributed by atoms with Gasteiger partial charge in [-0.05, 0) is 36.8 Å². The number of hydrogen-bond donors (Lipinski definition) is 1. The molecule has 1 aromatic carbocycles. The standard InChI is InChI=1S/C15H17NO3/c17-14(10-4-2-1-3-5-10)16-7-6-11-8-12(15(18)19)13(11)9-16/h1-5,11-13H,6-9H2,(H,18,19). The Morgan fingerprint density at radius 1 is 1.21 bits per heavy atom. The van der Waals surface area contributed by atoms with Gasteiger partial charge in [-0.15, -0.1) is 0 Å². The molecule has 0 radical (unpaired) electrons. The lowest BCUT2D eigenvalue weighted by molar-refractivity contribution is -0.153. The third kappa shape index (κ3) is 2.11. The highest BCUT2D eigenvalue weighted by atomic mass is 16.4. The van der Waals surface area contributed by atoms with E-state index in [1.165, 1.54) is 0 Å². The molecule has 1 saturated heterocycles. The van der Waals surface area contributed by atoms with Crippen molar-refractivity contribution in [2.24, 2.45) is 17.8 Å². The van der Waals surface area contributed by atoms with E-state index in [-0.39, 0.29) is 17.7 Å². The molecule has 2 fully saturated rings. The van der Waals surface area contributed by atoms with Crippen LogP contribution < -0.4 is 0 Å². The van der Waals surface area contributed by atoms with Crippen LogP contribution in [0.5, 0.6) is 0 Å². The van der Waals surface area contributed by atoms with Crippen molar-refractivity contribution < 1.29 is 14.7 Å². The summed E-state index contributed by atoms with van der Waals surface area (Å²) in [6, 6.07) is 9.20. The Hall–Kier alpha value is -1.84. The summed E-state index contributed by atoms with van der Waals surface area (Å²) in [6.07, 6.45) is 1.72.